The van der Waals surface area contributed by atoms with Crippen LogP contribution in [0.25, 0.3) is 0 Å². The molecular weight excluding hydrogens is 292 g/mol. The number of aromatic nitrogens is 3. The van der Waals surface area contributed by atoms with Crippen molar-refractivity contribution < 1.29 is 4.79 Å². The van der Waals surface area contributed by atoms with Crippen LogP contribution in [0.4, 0.5) is 10.6 Å². The number of hydrogen-bond acceptors (Lipinski definition) is 4. The van der Waals surface area contributed by atoms with Gasteiger partial charge < -0.3 is 15.5 Å². The number of carbonyl (C=O) groups excluding carboxylic acids is 1. The van der Waals surface area contributed by atoms with E-state index in [1.807, 2.05) is 52.0 Å². The molecule has 2 rings (SSSR count). The van der Waals surface area contributed by atoms with Crippen molar-refractivity contribution in [3.8, 4) is 0 Å². The van der Waals surface area contributed by atoms with Crippen molar-refractivity contribution >= 4 is 11.8 Å². The summed E-state index contributed by atoms with van der Waals surface area (Å²) in [6.07, 6.45) is 3.53. The van der Waals surface area contributed by atoms with Crippen LogP contribution in [0.2, 0.25) is 0 Å². The van der Waals surface area contributed by atoms with Crippen LogP contribution in [-0.4, -0.2) is 34.9 Å². The molecule has 0 bridgehead atoms. The first-order chi connectivity index (χ1) is 10.9. The number of aryl methyl sites for hydroxylation is 1. The molecule has 23 heavy (non-hydrogen) atoms. The van der Waals surface area contributed by atoms with Gasteiger partial charge in [-0.05, 0) is 19.9 Å². The SMILES string of the molecule is Cc1c(C(C)NC(=O)NCc2cccnc2N(C)C)cnn1C. The molecule has 0 aliphatic rings. The minimum Gasteiger partial charge on any atom is -0.362 e. The van der Waals surface area contributed by atoms with Gasteiger partial charge in [0.05, 0.1) is 12.2 Å². The second kappa shape index (κ2) is 7.13. The molecule has 7 nitrogen and oxygen atoms in total. The lowest BCUT2D eigenvalue weighted by Crippen LogP contribution is -2.37. The van der Waals surface area contributed by atoms with Gasteiger partial charge in [-0.15, -0.1) is 0 Å². The normalized spacial score (nSPS) is 11.9. The summed E-state index contributed by atoms with van der Waals surface area (Å²) in [5, 5.41) is 10.0. The third kappa shape index (κ3) is 4.00. The van der Waals surface area contributed by atoms with E-state index in [9.17, 15) is 4.79 Å². The van der Waals surface area contributed by atoms with Crippen molar-refractivity contribution in [2.24, 2.45) is 7.05 Å². The highest BCUT2D eigenvalue weighted by atomic mass is 16.2. The fourth-order valence-electron chi connectivity index (χ4n) is 2.41. The Balaban J connectivity index is 1.94. The molecule has 2 aromatic rings. The Morgan fingerprint density at radius 3 is 2.78 bits per heavy atom. The fraction of sp³-hybridized carbons (Fsp3) is 0.438. The van der Waals surface area contributed by atoms with Crippen molar-refractivity contribution in [2.45, 2.75) is 26.4 Å². The van der Waals surface area contributed by atoms with E-state index >= 15 is 0 Å². The lowest BCUT2D eigenvalue weighted by molar-refractivity contribution is 0.237. The second-order valence-electron chi connectivity index (χ2n) is 5.74. The Hall–Kier alpha value is -2.57. The number of nitrogens with zero attached hydrogens (tertiary/aromatic N) is 4. The monoisotopic (exact) mass is 316 g/mol. The van der Waals surface area contributed by atoms with Crippen LogP contribution in [0.3, 0.4) is 0 Å². The number of hydrogen-bond donors (Lipinski definition) is 2. The van der Waals surface area contributed by atoms with Crippen LogP contribution >= 0.6 is 0 Å². The highest BCUT2D eigenvalue weighted by Gasteiger charge is 2.14. The molecule has 2 N–H and O–H groups in total. The molecule has 1 unspecified atom stereocenters. The number of rotatable bonds is 5. The van der Waals surface area contributed by atoms with Gasteiger partial charge in [-0.2, -0.15) is 5.10 Å². The molecule has 0 aliphatic carbocycles. The zero-order valence-electron chi connectivity index (χ0n) is 14.3. The minimum atomic E-state index is -0.214. The molecule has 0 saturated heterocycles. The zero-order valence-corrected chi connectivity index (χ0v) is 14.3. The number of urea groups is 1. The minimum absolute atomic E-state index is 0.106. The van der Waals surface area contributed by atoms with Gasteiger partial charge in [0, 0.05) is 50.7 Å². The van der Waals surface area contributed by atoms with E-state index in [1.54, 1.807) is 17.1 Å². The van der Waals surface area contributed by atoms with Gasteiger partial charge in [0.1, 0.15) is 5.82 Å². The van der Waals surface area contributed by atoms with Gasteiger partial charge in [-0.3, -0.25) is 4.68 Å². The molecule has 7 heteroatoms. The molecular formula is C16H24N6O. The summed E-state index contributed by atoms with van der Waals surface area (Å²) in [4.78, 5) is 18.4. The Morgan fingerprint density at radius 2 is 2.17 bits per heavy atom. The Morgan fingerprint density at radius 1 is 1.43 bits per heavy atom. The highest BCUT2D eigenvalue weighted by Crippen LogP contribution is 2.16. The third-order valence-corrected chi connectivity index (χ3v) is 3.82. The van der Waals surface area contributed by atoms with Crippen molar-refractivity contribution in [3.05, 3.63) is 41.3 Å². The van der Waals surface area contributed by atoms with Crippen LogP contribution in [0.5, 0.6) is 0 Å². The quantitative estimate of drug-likeness (QED) is 0.881. The van der Waals surface area contributed by atoms with Crippen molar-refractivity contribution in [1.82, 2.24) is 25.4 Å². The second-order valence-corrected chi connectivity index (χ2v) is 5.74. The van der Waals surface area contributed by atoms with E-state index < -0.39 is 0 Å². The maximum atomic E-state index is 12.1. The Labute approximate surface area is 136 Å². The summed E-state index contributed by atoms with van der Waals surface area (Å²) in [7, 11) is 5.75. The molecule has 2 heterocycles. The van der Waals surface area contributed by atoms with Crippen LogP contribution in [0.1, 0.15) is 29.8 Å². The predicted molar refractivity (Wildman–Crippen MR) is 90.3 cm³/mol. The Bertz CT molecular complexity index is 679. The summed E-state index contributed by atoms with van der Waals surface area (Å²) in [5.41, 5.74) is 3.02. The predicted octanol–water partition coefficient (Wildman–Crippen LogP) is 1.75. The first-order valence-electron chi connectivity index (χ1n) is 7.54. The summed E-state index contributed by atoms with van der Waals surface area (Å²) in [5.74, 6) is 0.851. The van der Waals surface area contributed by atoms with Crippen LogP contribution < -0.4 is 15.5 Å². The number of carbonyl (C=O) groups is 1. The molecule has 0 radical (unpaired) electrons. The number of anilines is 1. The molecule has 0 spiro atoms. The topological polar surface area (TPSA) is 75.1 Å². The van der Waals surface area contributed by atoms with Crippen molar-refractivity contribution in [2.75, 3.05) is 19.0 Å². The summed E-state index contributed by atoms with van der Waals surface area (Å²) < 4.78 is 1.80. The van der Waals surface area contributed by atoms with Crippen LogP contribution in [0.15, 0.2) is 24.5 Å². The van der Waals surface area contributed by atoms with Gasteiger partial charge in [-0.1, -0.05) is 6.07 Å². The lowest BCUT2D eigenvalue weighted by atomic mass is 10.1. The van der Waals surface area contributed by atoms with Gasteiger partial charge >= 0.3 is 6.03 Å². The molecule has 0 fully saturated rings. The lowest BCUT2D eigenvalue weighted by Gasteiger charge is -2.17. The summed E-state index contributed by atoms with van der Waals surface area (Å²) in [6, 6.07) is 3.50. The molecule has 1 atom stereocenters. The first kappa shape index (κ1) is 16.8. The van der Waals surface area contributed by atoms with E-state index in [0.29, 0.717) is 6.54 Å². The van der Waals surface area contributed by atoms with Gasteiger partial charge in [0.25, 0.3) is 0 Å². The van der Waals surface area contributed by atoms with Crippen molar-refractivity contribution in [1.29, 1.82) is 0 Å². The van der Waals surface area contributed by atoms with E-state index in [4.69, 9.17) is 0 Å². The smallest absolute Gasteiger partial charge is 0.315 e. The highest BCUT2D eigenvalue weighted by molar-refractivity contribution is 5.74. The number of pyridine rings is 1. The number of nitrogens with one attached hydrogen (secondary N) is 2. The summed E-state index contributed by atoms with van der Waals surface area (Å²) in [6.45, 7) is 4.35. The zero-order chi connectivity index (χ0) is 17.0. The maximum absolute atomic E-state index is 12.1. The third-order valence-electron chi connectivity index (χ3n) is 3.82. The van der Waals surface area contributed by atoms with E-state index in [0.717, 1.165) is 22.6 Å². The maximum Gasteiger partial charge on any atom is 0.315 e. The first-order valence-corrected chi connectivity index (χ1v) is 7.54. The molecule has 0 saturated carbocycles. The molecule has 124 valence electrons. The van der Waals surface area contributed by atoms with E-state index in [-0.39, 0.29) is 12.1 Å². The van der Waals surface area contributed by atoms with Gasteiger partial charge in [-0.25, -0.2) is 9.78 Å². The summed E-state index contributed by atoms with van der Waals surface area (Å²) >= 11 is 0. The molecule has 2 aromatic heterocycles. The molecule has 0 aliphatic heterocycles. The average molecular weight is 316 g/mol. The largest absolute Gasteiger partial charge is 0.362 e. The van der Waals surface area contributed by atoms with Crippen molar-refractivity contribution in [3.63, 3.8) is 0 Å². The molecule has 0 aromatic carbocycles. The van der Waals surface area contributed by atoms with Crippen LogP contribution in [-0.2, 0) is 13.6 Å². The fourth-order valence-corrected chi connectivity index (χ4v) is 2.41. The standard InChI is InChI=1S/C16H24N6O/c1-11(14-10-19-22(5)12(14)2)20-16(23)18-9-13-7-6-8-17-15(13)21(3)4/h6-8,10-11H,9H2,1-5H3,(H2,18,20,23). The van der Waals surface area contributed by atoms with E-state index in [2.05, 4.69) is 20.7 Å². The van der Waals surface area contributed by atoms with Gasteiger partial charge in [0.15, 0.2) is 0 Å². The Kier molecular flexibility index (Phi) is 5.20. The number of amides is 2. The van der Waals surface area contributed by atoms with Gasteiger partial charge in [0.2, 0.25) is 0 Å². The average Bonchev–Trinajstić information content (AvgIpc) is 2.85. The molecule has 2 amide bonds. The van der Waals surface area contributed by atoms with E-state index in [1.165, 1.54) is 0 Å². The van der Waals surface area contributed by atoms with Crippen LogP contribution in [0, 0.1) is 6.92 Å².